The van der Waals surface area contributed by atoms with E-state index in [0.717, 1.165) is 23.4 Å². The van der Waals surface area contributed by atoms with Crippen molar-refractivity contribution in [2.75, 3.05) is 11.1 Å². The molecule has 4 saturated carbocycles. The molecule has 1 aromatic heterocycles. The average Bonchev–Trinajstić information content (AvgIpc) is 3.10. The molecule has 4 fully saturated rings. The van der Waals surface area contributed by atoms with E-state index in [-0.39, 0.29) is 5.91 Å². The monoisotopic (exact) mass is 382 g/mol. The summed E-state index contributed by atoms with van der Waals surface area (Å²) in [5.41, 5.74) is 2.76. The first-order valence-electron chi connectivity index (χ1n) is 10.1. The molecule has 0 saturated heterocycles. The van der Waals surface area contributed by atoms with Gasteiger partial charge in [-0.25, -0.2) is 4.98 Å². The first-order valence-corrected chi connectivity index (χ1v) is 11.1. The molecule has 2 aromatic rings. The number of nitrogens with one attached hydrogen (secondary N) is 2. The number of amides is 1. The van der Waals surface area contributed by atoms with Crippen LogP contribution in [0.5, 0.6) is 0 Å². The number of carbonyl (C=O) groups is 1. The molecule has 142 valence electrons. The lowest BCUT2D eigenvalue weighted by Crippen LogP contribution is -2.37. The normalized spacial score (nSPS) is 31.6. The average molecular weight is 383 g/mol. The molecular weight excluding hydrogens is 356 g/mol. The summed E-state index contributed by atoms with van der Waals surface area (Å²) in [5.74, 6) is 3.18. The summed E-state index contributed by atoms with van der Waals surface area (Å²) in [5, 5.41) is 10.2. The molecule has 6 heteroatoms. The molecule has 0 spiro atoms. The lowest BCUT2D eigenvalue weighted by molar-refractivity contribution is -0.113. The van der Waals surface area contributed by atoms with Crippen molar-refractivity contribution in [3.63, 3.8) is 0 Å². The second kappa shape index (κ2) is 6.97. The highest BCUT2D eigenvalue weighted by atomic mass is 32.2. The van der Waals surface area contributed by atoms with Crippen molar-refractivity contribution in [1.29, 1.82) is 0 Å². The lowest BCUT2D eigenvalue weighted by atomic mass is 9.59. The number of anilines is 1. The number of aromatic amines is 1. The molecule has 1 aromatic carbocycles. The Morgan fingerprint density at radius 1 is 1.15 bits per heavy atom. The number of thioether (sulfide) groups is 1. The second-order valence-electron chi connectivity index (χ2n) is 8.74. The molecule has 4 bridgehead atoms. The van der Waals surface area contributed by atoms with Gasteiger partial charge in [-0.3, -0.25) is 9.89 Å². The molecule has 2 unspecified atom stereocenters. The van der Waals surface area contributed by atoms with E-state index in [0.29, 0.717) is 16.3 Å². The van der Waals surface area contributed by atoms with Crippen molar-refractivity contribution in [2.45, 2.75) is 55.5 Å². The zero-order chi connectivity index (χ0) is 18.3. The van der Waals surface area contributed by atoms with E-state index in [1.807, 2.05) is 0 Å². The van der Waals surface area contributed by atoms with Gasteiger partial charge in [0.25, 0.3) is 0 Å². The van der Waals surface area contributed by atoms with Crippen molar-refractivity contribution in [2.24, 2.45) is 17.8 Å². The number of hydrogen-bond donors (Lipinski definition) is 2. The van der Waals surface area contributed by atoms with E-state index in [2.05, 4.69) is 44.8 Å². The first kappa shape index (κ1) is 17.3. The molecule has 4 aliphatic carbocycles. The van der Waals surface area contributed by atoms with Crippen LogP contribution in [-0.2, 0) is 10.2 Å². The Labute approximate surface area is 164 Å². The van der Waals surface area contributed by atoms with E-state index in [4.69, 9.17) is 0 Å². The summed E-state index contributed by atoms with van der Waals surface area (Å²) in [4.78, 5) is 16.2. The van der Waals surface area contributed by atoms with E-state index < -0.39 is 0 Å². The quantitative estimate of drug-likeness (QED) is 0.752. The third kappa shape index (κ3) is 3.51. The Balaban J connectivity index is 1.25. The molecule has 0 radical (unpaired) electrons. The predicted octanol–water partition coefficient (Wildman–Crippen LogP) is 4.39. The van der Waals surface area contributed by atoms with Crippen LogP contribution in [0.2, 0.25) is 0 Å². The van der Waals surface area contributed by atoms with Gasteiger partial charge in [-0.15, -0.1) is 0 Å². The van der Waals surface area contributed by atoms with Crippen molar-refractivity contribution < 1.29 is 4.79 Å². The topological polar surface area (TPSA) is 70.7 Å². The molecule has 4 aliphatic rings. The van der Waals surface area contributed by atoms with Gasteiger partial charge in [0, 0.05) is 5.69 Å². The van der Waals surface area contributed by atoms with Crippen molar-refractivity contribution >= 4 is 23.4 Å². The van der Waals surface area contributed by atoms with Gasteiger partial charge in [0.15, 0.2) is 5.16 Å². The van der Waals surface area contributed by atoms with Gasteiger partial charge in [0.1, 0.15) is 6.33 Å². The molecule has 6 rings (SSSR count). The fraction of sp³-hybridized carbons (Fsp3) is 0.571. The van der Waals surface area contributed by atoms with E-state index >= 15 is 0 Å². The maximum Gasteiger partial charge on any atom is 0.234 e. The highest BCUT2D eigenvalue weighted by Gasteiger charge is 2.48. The third-order valence-electron chi connectivity index (χ3n) is 6.90. The maximum absolute atomic E-state index is 12.2. The van der Waals surface area contributed by atoms with E-state index in [9.17, 15) is 4.79 Å². The SMILES string of the molecule is O=C(CSc1ncn[nH]1)Nc1ccc(C23CCC4CC(CC(C4)C2)C3)cc1. The van der Waals surface area contributed by atoms with Gasteiger partial charge in [-0.1, -0.05) is 23.9 Å². The number of hydrogen-bond acceptors (Lipinski definition) is 4. The molecular formula is C21H26N4OS. The highest BCUT2D eigenvalue weighted by Crippen LogP contribution is 2.57. The third-order valence-corrected chi connectivity index (χ3v) is 7.78. The highest BCUT2D eigenvalue weighted by molar-refractivity contribution is 7.99. The van der Waals surface area contributed by atoms with Crippen LogP contribution in [0, 0.1) is 17.8 Å². The van der Waals surface area contributed by atoms with E-state index in [1.54, 1.807) is 0 Å². The largest absolute Gasteiger partial charge is 0.325 e. The van der Waals surface area contributed by atoms with Gasteiger partial charge in [-0.2, -0.15) is 5.10 Å². The van der Waals surface area contributed by atoms with Crippen molar-refractivity contribution in [3.05, 3.63) is 36.2 Å². The van der Waals surface area contributed by atoms with Crippen molar-refractivity contribution in [3.8, 4) is 0 Å². The van der Waals surface area contributed by atoms with Crippen LogP contribution in [0.15, 0.2) is 35.7 Å². The summed E-state index contributed by atoms with van der Waals surface area (Å²) >= 11 is 1.36. The maximum atomic E-state index is 12.2. The van der Waals surface area contributed by atoms with Crippen LogP contribution in [0.1, 0.15) is 50.5 Å². The van der Waals surface area contributed by atoms with Crippen LogP contribution >= 0.6 is 11.8 Å². The number of benzene rings is 1. The minimum Gasteiger partial charge on any atom is -0.325 e. The van der Waals surface area contributed by atoms with Gasteiger partial charge in [0.2, 0.25) is 5.91 Å². The van der Waals surface area contributed by atoms with Gasteiger partial charge in [0.05, 0.1) is 5.75 Å². The summed E-state index contributed by atoms with van der Waals surface area (Å²) in [6.45, 7) is 0. The van der Waals surface area contributed by atoms with Crippen LogP contribution < -0.4 is 5.32 Å². The predicted molar refractivity (Wildman–Crippen MR) is 107 cm³/mol. The molecule has 1 amide bonds. The van der Waals surface area contributed by atoms with Gasteiger partial charge in [-0.05, 0) is 85.8 Å². The molecule has 0 aliphatic heterocycles. The smallest absolute Gasteiger partial charge is 0.234 e. The van der Waals surface area contributed by atoms with Crippen LogP contribution in [0.3, 0.4) is 0 Å². The number of carbonyl (C=O) groups excluding carboxylic acids is 1. The Kier molecular flexibility index (Phi) is 4.46. The summed E-state index contributed by atoms with van der Waals surface area (Å²) in [6.07, 6.45) is 11.4. The molecule has 27 heavy (non-hydrogen) atoms. The summed E-state index contributed by atoms with van der Waals surface area (Å²) < 4.78 is 0. The first-order chi connectivity index (χ1) is 13.2. The second-order valence-corrected chi connectivity index (χ2v) is 9.70. The zero-order valence-corrected chi connectivity index (χ0v) is 16.3. The lowest BCUT2D eigenvalue weighted by Gasteiger charge is -2.45. The van der Waals surface area contributed by atoms with Gasteiger partial charge < -0.3 is 5.32 Å². The van der Waals surface area contributed by atoms with Gasteiger partial charge >= 0.3 is 0 Å². The zero-order valence-electron chi connectivity index (χ0n) is 15.5. The number of rotatable bonds is 5. The molecule has 1 heterocycles. The number of H-pyrrole nitrogens is 1. The molecule has 2 N–H and O–H groups in total. The fourth-order valence-corrected chi connectivity index (χ4v) is 6.61. The van der Waals surface area contributed by atoms with Crippen LogP contribution in [-0.4, -0.2) is 26.8 Å². The molecule has 5 nitrogen and oxygen atoms in total. The molecule has 2 atom stereocenters. The van der Waals surface area contributed by atoms with E-state index in [1.165, 1.54) is 68.6 Å². The number of aromatic nitrogens is 3. The fourth-order valence-electron chi connectivity index (χ4n) is 6.03. The van der Waals surface area contributed by atoms with Crippen LogP contribution in [0.25, 0.3) is 0 Å². The Bertz CT molecular complexity index is 790. The minimum absolute atomic E-state index is 0.0182. The summed E-state index contributed by atoms with van der Waals surface area (Å²) in [6, 6.07) is 8.70. The Morgan fingerprint density at radius 3 is 2.59 bits per heavy atom. The summed E-state index contributed by atoms with van der Waals surface area (Å²) in [7, 11) is 0. The Morgan fingerprint density at radius 2 is 1.89 bits per heavy atom. The minimum atomic E-state index is -0.0182. The standard InChI is InChI=1S/C21H26N4OS/c26-19(12-27-20-22-13-23-25-20)24-18-3-1-17(2-4-18)21-6-5-14-7-15(10-21)9-16(8-14)11-21/h1-4,13-16H,5-12H2,(H,24,26)(H,22,23,25). The number of nitrogens with zero attached hydrogens (tertiary/aromatic N) is 2. The number of fused-ring (bicyclic) bond motifs is 1. The Hall–Kier alpha value is -1.82. The van der Waals surface area contributed by atoms with Crippen LogP contribution in [0.4, 0.5) is 5.69 Å². The van der Waals surface area contributed by atoms with Crippen molar-refractivity contribution in [1.82, 2.24) is 15.2 Å².